The Balaban J connectivity index is 3.67. The van der Waals surface area contributed by atoms with Gasteiger partial charge in [0.25, 0.3) is 0 Å². The summed E-state index contributed by atoms with van der Waals surface area (Å²) in [5.74, 6) is 0.309. The fourth-order valence-electron chi connectivity index (χ4n) is 2.88. The summed E-state index contributed by atoms with van der Waals surface area (Å²) >= 11 is 0. The minimum atomic E-state index is -0.808. The Morgan fingerprint density at radius 1 is 0.826 bits per heavy atom. The van der Waals surface area contributed by atoms with Crippen molar-refractivity contribution in [3.05, 3.63) is 28.8 Å². The van der Waals surface area contributed by atoms with Crippen molar-refractivity contribution in [3.8, 4) is 5.75 Å². The van der Waals surface area contributed by atoms with E-state index in [0.29, 0.717) is 18.6 Å². The fraction of sp³-hybridized carbons (Fsp3) is 0.684. The Bertz CT molecular complexity index is 498. The molecular weight excluding hydrogens is 290 g/mol. The number of aliphatic hydroxyl groups is 2. The lowest BCUT2D eigenvalue weighted by molar-refractivity contribution is 0.193. The lowest BCUT2D eigenvalue weighted by atomic mass is 9.74. The molecule has 4 heteroatoms. The predicted molar refractivity (Wildman–Crippen MR) is 94.8 cm³/mol. The fourth-order valence-corrected chi connectivity index (χ4v) is 2.88. The molecule has 1 aromatic carbocycles. The monoisotopic (exact) mass is 323 g/mol. The maximum Gasteiger partial charge on any atom is 0.123 e. The van der Waals surface area contributed by atoms with Crippen LogP contribution in [0, 0.1) is 0 Å². The van der Waals surface area contributed by atoms with E-state index in [1.807, 2.05) is 12.1 Å². The van der Waals surface area contributed by atoms with Crippen LogP contribution in [0.5, 0.6) is 5.75 Å². The smallest absolute Gasteiger partial charge is 0.123 e. The standard InChI is InChI=1S/C19H33NO3/c1-17(2,3)14-11-13(19(20,7-9-21)8-10-22)12-15(16(14)23)18(4,5)6/h11-12,21-23H,7-10,20H2,1-6H3. The molecule has 0 aromatic heterocycles. The number of rotatable bonds is 5. The molecule has 0 aliphatic carbocycles. The molecule has 0 amide bonds. The number of hydrogen-bond donors (Lipinski definition) is 4. The van der Waals surface area contributed by atoms with Crippen molar-refractivity contribution in [2.75, 3.05) is 13.2 Å². The molecule has 1 aromatic rings. The summed E-state index contributed by atoms with van der Waals surface area (Å²) in [4.78, 5) is 0. The van der Waals surface area contributed by atoms with Crippen molar-refractivity contribution in [2.45, 2.75) is 70.8 Å². The van der Waals surface area contributed by atoms with Gasteiger partial charge in [0.1, 0.15) is 5.75 Å². The minimum absolute atomic E-state index is 0.0485. The number of phenolic OH excluding ortho intramolecular Hbond substituents is 1. The zero-order valence-corrected chi connectivity index (χ0v) is 15.4. The van der Waals surface area contributed by atoms with Crippen molar-refractivity contribution in [2.24, 2.45) is 5.73 Å². The van der Waals surface area contributed by atoms with E-state index in [-0.39, 0.29) is 24.0 Å². The summed E-state index contributed by atoms with van der Waals surface area (Å²) in [5.41, 5.74) is 7.76. The lowest BCUT2D eigenvalue weighted by Gasteiger charge is -2.34. The molecule has 0 radical (unpaired) electrons. The first-order valence-electron chi connectivity index (χ1n) is 8.26. The van der Waals surface area contributed by atoms with E-state index < -0.39 is 5.54 Å². The molecule has 0 saturated heterocycles. The summed E-state index contributed by atoms with van der Waals surface area (Å²) in [7, 11) is 0. The molecule has 0 unspecified atom stereocenters. The van der Waals surface area contributed by atoms with Crippen LogP contribution < -0.4 is 5.73 Å². The van der Waals surface area contributed by atoms with E-state index in [9.17, 15) is 15.3 Å². The molecule has 0 aliphatic heterocycles. The van der Waals surface area contributed by atoms with Gasteiger partial charge < -0.3 is 21.1 Å². The molecule has 5 N–H and O–H groups in total. The topological polar surface area (TPSA) is 86.7 Å². The maximum atomic E-state index is 10.8. The third kappa shape index (κ3) is 4.46. The molecule has 0 aliphatic rings. The van der Waals surface area contributed by atoms with E-state index in [1.165, 1.54) is 0 Å². The number of aliphatic hydroxyl groups excluding tert-OH is 2. The largest absolute Gasteiger partial charge is 0.507 e. The van der Waals surface area contributed by atoms with Crippen LogP contribution >= 0.6 is 0 Å². The van der Waals surface area contributed by atoms with Gasteiger partial charge in [-0.05, 0) is 52.5 Å². The Kier molecular flexibility index (Phi) is 5.89. The highest BCUT2D eigenvalue weighted by Crippen LogP contribution is 2.42. The summed E-state index contributed by atoms with van der Waals surface area (Å²) in [6.45, 7) is 12.2. The zero-order valence-electron chi connectivity index (χ0n) is 15.4. The normalized spacial score (nSPS) is 13.4. The SMILES string of the molecule is CC(C)(C)c1cc(C(N)(CCO)CCO)cc(C(C)(C)C)c1O. The number of hydrogen-bond acceptors (Lipinski definition) is 4. The summed E-state index contributed by atoms with van der Waals surface area (Å²) in [6.07, 6.45) is 0.733. The molecule has 0 atom stereocenters. The van der Waals surface area contributed by atoms with Crippen LogP contribution in [0.3, 0.4) is 0 Å². The highest BCUT2D eigenvalue weighted by molar-refractivity contribution is 5.51. The van der Waals surface area contributed by atoms with E-state index in [1.54, 1.807) is 0 Å². The Labute approximate surface area is 140 Å². The third-order valence-electron chi connectivity index (χ3n) is 4.42. The first kappa shape index (κ1) is 19.9. The molecule has 1 rings (SSSR count). The van der Waals surface area contributed by atoms with Gasteiger partial charge >= 0.3 is 0 Å². The van der Waals surface area contributed by atoms with E-state index >= 15 is 0 Å². The number of nitrogens with two attached hydrogens (primary N) is 1. The van der Waals surface area contributed by atoms with Crippen LogP contribution in [0.4, 0.5) is 0 Å². The molecular formula is C19H33NO3. The second-order valence-electron chi connectivity index (χ2n) is 8.52. The van der Waals surface area contributed by atoms with Crippen molar-refractivity contribution < 1.29 is 15.3 Å². The molecule has 4 nitrogen and oxygen atoms in total. The predicted octanol–water partition coefficient (Wildman–Crippen LogP) is 2.91. The first-order chi connectivity index (χ1) is 10.4. The Hall–Kier alpha value is -1.10. The van der Waals surface area contributed by atoms with Crippen molar-refractivity contribution in [1.82, 2.24) is 0 Å². The molecule has 0 fully saturated rings. The van der Waals surface area contributed by atoms with Crippen LogP contribution in [-0.2, 0) is 16.4 Å². The van der Waals surface area contributed by atoms with Gasteiger partial charge in [-0.15, -0.1) is 0 Å². The zero-order chi connectivity index (χ0) is 18.1. The third-order valence-corrected chi connectivity index (χ3v) is 4.42. The van der Waals surface area contributed by atoms with Crippen LogP contribution in [0.25, 0.3) is 0 Å². The van der Waals surface area contributed by atoms with Gasteiger partial charge in [0.2, 0.25) is 0 Å². The van der Waals surface area contributed by atoms with Crippen LogP contribution in [0.2, 0.25) is 0 Å². The highest BCUT2D eigenvalue weighted by atomic mass is 16.3. The average molecular weight is 323 g/mol. The van der Waals surface area contributed by atoms with Crippen molar-refractivity contribution in [3.63, 3.8) is 0 Å². The number of phenols is 1. The average Bonchev–Trinajstić information content (AvgIpc) is 2.36. The molecule has 0 spiro atoms. The van der Waals surface area contributed by atoms with Gasteiger partial charge in [0.05, 0.1) is 0 Å². The van der Waals surface area contributed by atoms with Gasteiger partial charge in [0.15, 0.2) is 0 Å². The van der Waals surface area contributed by atoms with Crippen LogP contribution in [0.15, 0.2) is 12.1 Å². The first-order valence-corrected chi connectivity index (χ1v) is 8.26. The summed E-state index contributed by atoms with van der Waals surface area (Å²) in [5, 5.41) is 29.6. The summed E-state index contributed by atoms with van der Waals surface area (Å²) < 4.78 is 0. The van der Waals surface area contributed by atoms with Crippen molar-refractivity contribution in [1.29, 1.82) is 0 Å². The van der Waals surface area contributed by atoms with Gasteiger partial charge in [-0.3, -0.25) is 0 Å². The van der Waals surface area contributed by atoms with Crippen molar-refractivity contribution >= 4 is 0 Å². The van der Waals surface area contributed by atoms with Gasteiger partial charge in [-0.2, -0.15) is 0 Å². The quantitative estimate of drug-likeness (QED) is 0.671. The molecule has 23 heavy (non-hydrogen) atoms. The Morgan fingerprint density at radius 3 is 1.43 bits per heavy atom. The highest BCUT2D eigenvalue weighted by Gasteiger charge is 2.32. The minimum Gasteiger partial charge on any atom is -0.507 e. The maximum absolute atomic E-state index is 10.8. The van der Waals surface area contributed by atoms with E-state index in [4.69, 9.17) is 5.73 Å². The summed E-state index contributed by atoms with van der Waals surface area (Å²) in [6, 6.07) is 3.85. The molecule has 132 valence electrons. The van der Waals surface area contributed by atoms with E-state index in [2.05, 4.69) is 41.5 Å². The van der Waals surface area contributed by atoms with E-state index in [0.717, 1.165) is 16.7 Å². The number of benzene rings is 1. The number of aromatic hydroxyl groups is 1. The molecule has 0 saturated carbocycles. The Morgan fingerprint density at radius 2 is 1.17 bits per heavy atom. The molecule has 0 heterocycles. The molecule has 0 bridgehead atoms. The lowest BCUT2D eigenvalue weighted by Crippen LogP contribution is -2.39. The van der Waals surface area contributed by atoms with Gasteiger partial charge in [-0.1, -0.05) is 41.5 Å². The van der Waals surface area contributed by atoms with Crippen LogP contribution in [0.1, 0.15) is 71.1 Å². The van der Waals surface area contributed by atoms with Crippen LogP contribution in [-0.4, -0.2) is 28.5 Å². The van der Waals surface area contributed by atoms with Gasteiger partial charge in [-0.25, -0.2) is 0 Å². The second-order valence-corrected chi connectivity index (χ2v) is 8.52. The van der Waals surface area contributed by atoms with Gasteiger partial charge in [0, 0.05) is 18.8 Å². The second kappa shape index (κ2) is 6.80.